The zero-order valence-corrected chi connectivity index (χ0v) is 22.8. The Balaban J connectivity index is 1.53. The van der Waals surface area contributed by atoms with E-state index in [1.54, 1.807) is 6.20 Å². The zero-order valence-electron chi connectivity index (χ0n) is 21.8. The minimum atomic E-state index is -2.64. The topological polar surface area (TPSA) is 39.9 Å². The van der Waals surface area contributed by atoms with E-state index >= 15 is 0 Å². The smallest absolute Gasteiger partial charge is 0.184 e. The molecule has 1 aliphatic heterocycles. The normalized spacial score (nSPS) is 13.1. The van der Waals surface area contributed by atoms with Crippen LogP contribution in [0.4, 0.5) is 17.1 Å². The fraction of sp³-hybridized carbons (Fsp3) is 0. The van der Waals surface area contributed by atoms with Crippen molar-refractivity contribution >= 4 is 45.9 Å². The molecule has 4 heteroatoms. The van der Waals surface area contributed by atoms with Gasteiger partial charge in [-0.3, -0.25) is 0 Å². The van der Waals surface area contributed by atoms with Gasteiger partial charge in [-0.2, -0.15) is 5.26 Å². The molecule has 0 unspecified atom stereocenters. The third kappa shape index (κ3) is 3.60. The Kier molecular flexibility index (Phi) is 5.85. The van der Waals surface area contributed by atoms with Crippen LogP contribution in [0.3, 0.4) is 0 Å². The van der Waals surface area contributed by atoms with Crippen molar-refractivity contribution in [2.45, 2.75) is 0 Å². The molecule has 0 saturated heterocycles. The van der Waals surface area contributed by atoms with Crippen molar-refractivity contribution < 1.29 is 0 Å². The van der Waals surface area contributed by atoms with Crippen molar-refractivity contribution in [3.8, 4) is 17.2 Å². The summed E-state index contributed by atoms with van der Waals surface area (Å²) in [6.45, 7) is 0. The summed E-state index contributed by atoms with van der Waals surface area (Å²) in [7, 11) is -2.64. The summed E-state index contributed by atoms with van der Waals surface area (Å²) in [5.74, 6) is 0. The molecule has 0 amide bonds. The Morgan fingerprint density at radius 1 is 0.575 bits per heavy atom. The van der Waals surface area contributed by atoms with Gasteiger partial charge in [-0.25, -0.2) is 4.98 Å². The summed E-state index contributed by atoms with van der Waals surface area (Å²) in [6.07, 6.45) is 1.67. The number of para-hydroxylation sites is 2. The fourth-order valence-electron chi connectivity index (χ4n) is 6.23. The first-order valence-electron chi connectivity index (χ1n) is 13.4. The third-order valence-electron chi connectivity index (χ3n) is 7.84. The maximum Gasteiger partial charge on any atom is 0.184 e. The van der Waals surface area contributed by atoms with Crippen LogP contribution in [0.1, 0.15) is 5.69 Å². The molecule has 0 bridgehead atoms. The van der Waals surface area contributed by atoms with Crippen LogP contribution in [0.5, 0.6) is 0 Å². The molecule has 0 N–H and O–H groups in total. The van der Waals surface area contributed by atoms with E-state index in [1.165, 1.54) is 32.1 Å². The van der Waals surface area contributed by atoms with Gasteiger partial charge in [0, 0.05) is 28.8 Å². The predicted molar refractivity (Wildman–Crippen MR) is 166 cm³/mol. The van der Waals surface area contributed by atoms with E-state index in [0.717, 1.165) is 16.8 Å². The highest BCUT2D eigenvalue weighted by molar-refractivity contribution is 7.21. The molecule has 0 fully saturated rings. The van der Waals surface area contributed by atoms with Gasteiger partial charge in [0.05, 0.1) is 0 Å². The largest absolute Gasteiger partial charge is 0.311 e. The highest BCUT2D eigenvalue weighted by Gasteiger charge is 2.48. The number of aromatic nitrogens is 1. The Hall–Kier alpha value is -5.24. The summed E-state index contributed by atoms with van der Waals surface area (Å²) in [5.41, 5.74) is 5.65. The van der Waals surface area contributed by atoms with Gasteiger partial charge < -0.3 is 4.90 Å². The van der Waals surface area contributed by atoms with Crippen LogP contribution in [-0.2, 0) is 0 Å². The average molecular weight is 528 g/mol. The first kappa shape index (κ1) is 23.8. The van der Waals surface area contributed by atoms with Crippen molar-refractivity contribution in [2.24, 2.45) is 0 Å². The van der Waals surface area contributed by atoms with Crippen LogP contribution < -0.4 is 25.6 Å². The molecule has 7 rings (SSSR count). The van der Waals surface area contributed by atoms with Gasteiger partial charge >= 0.3 is 0 Å². The number of fused-ring (bicyclic) bond motifs is 2. The van der Waals surface area contributed by atoms with Gasteiger partial charge in [-0.1, -0.05) is 109 Å². The second-order valence-corrected chi connectivity index (χ2v) is 13.6. The first-order chi connectivity index (χ1) is 19.8. The second kappa shape index (κ2) is 9.81. The Labute approximate surface area is 235 Å². The monoisotopic (exact) mass is 527 g/mol. The molecular weight excluding hydrogens is 503 g/mol. The second-order valence-electron chi connectivity index (χ2n) is 9.91. The van der Waals surface area contributed by atoms with Gasteiger partial charge in [-0.05, 0) is 62.7 Å². The highest BCUT2D eigenvalue weighted by atomic mass is 28.3. The summed E-state index contributed by atoms with van der Waals surface area (Å²) in [4.78, 5) is 6.69. The van der Waals surface area contributed by atoms with E-state index in [0.29, 0.717) is 5.69 Å². The van der Waals surface area contributed by atoms with Gasteiger partial charge in [0.15, 0.2) is 8.07 Å². The summed E-state index contributed by atoms with van der Waals surface area (Å²) in [6, 6.07) is 54.3. The number of benzene rings is 5. The Morgan fingerprint density at radius 3 is 1.75 bits per heavy atom. The molecule has 0 aliphatic carbocycles. The molecule has 40 heavy (non-hydrogen) atoms. The molecule has 0 radical (unpaired) electrons. The maximum absolute atomic E-state index is 9.71. The lowest BCUT2D eigenvalue weighted by Gasteiger charge is -2.45. The van der Waals surface area contributed by atoms with Crippen molar-refractivity contribution in [1.82, 2.24) is 4.98 Å². The van der Waals surface area contributed by atoms with E-state index < -0.39 is 8.07 Å². The number of anilines is 3. The van der Waals surface area contributed by atoms with Crippen LogP contribution in [-0.4, -0.2) is 13.1 Å². The minimum absolute atomic E-state index is 0.429. The maximum atomic E-state index is 9.71. The van der Waals surface area contributed by atoms with Crippen LogP contribution in [0, 0.1) is 11.3 Å². The van der Waals surface area contributed by atoms with E-state index in [9.17, 15) is 5.26 Å². The number of nitrogens with zero attached hydrogens (tertiary/aromatic N) is 3. The van der Waals surface area contributed by atoms with Gasteiger partial charge in [0.2, 0.25) is 0 Å². The molecule has 0 saturated carbocycles. The molecule has 5 aromatic carbocycles. The Bertz CT molecular complexity index is 1790. The van der Waals surface area contributed by atoms with E-state index in [4.69, 9.17) is 0 Å². The van der Waals surface area contributed by atoms with Crippen molar-refractivity contribution in [3.05, 3.63) is 157 Å². The quantitative estimate of drug-likeness (QED) is 0.273. The number of hydrogen-bond acceptors (Lipinski definition) is 3. The molecule has 2 heterocycles. The van der Waals surface area contributed by atoms with E-state index in [2.05, 4.69) is 149 Å². The summed E-state index contributed by atoms with van der Waals surface area (Å²) >= 11 is 0. The van der Waals surface area contributed by atoms with Crippen molar-refractivity contribution in [3.63, 3.8) is 0 Å². The summed E-state index contributed by atoms with van der Waals surface area (Å²) < 4.78 is 0. The van der Waals surface area contributed by atoms with Crippen LogP contribution in [0.15, 0.2) is 152 Å². The molecule has 1 aromatic heterocycles. The lowest BCUT2D eigenvalue weighted by molar-refractivity contribution is 1.26. The lowest BCUT2D eigenvalue weighted by atomic mass is 10.0. The zero-order chi connectivity index (χ0) is 26.9. The Morgan fingerprint density at radius 2 is 1.15 bits per heavy atom. The summed E-state index contributed by atoms with van der Waals surface area (Å²) in [5, 5.41) is 15.2. The molecular formula is C36H25N3Si. The highest BCUT2D eigenvalue weighted by Crippen LogP contribution is 2.39. The number of hydrogen-bond donors (Lipinski definition) is 0. The lowest BCUT2D eigenvalue weighted by Crippen LogP contribution is -2.77. The van der Waals surface area contributed by atoms with Crippen LogP contribution in [0.25, 0.3) is 11.1 Å². The molecule has 0 spiro atoms. The van der Waals surface area contributed by atoms with E-state index in [1.807, 2.05) is 12.1 Å². The SMILES string of the molecule is N#Cc1ncccc1-c1cccc(N2c3ccccc3[Si](c3ccccc3)(c3ccccc3)c3ccccc32)c1. The predicted octanol–water partition coefficient (Wildman–Crippen LogP) is 5.78. The van der Waals surface area contributed by atoms with Crippen LogP contribution in [0.2, 0.25) is 0 Å². The minimum Gasteiger partial charge on any atom is -0.311 e. The van der Waals surface area contributed by atoms with Crippen molar-refractivity contribution in [2.75, 3.05) is 4.90 Å². The first-order valence-corrected chi connectivity index (χ1v) is 15.4. The van der Waals surface area contributed by atoms with Gasteiger partial charge in [-0.15, -0.1) is 0 Å². The average Bonchev–Trinajstić information content (AvgIpc) is 3.04. The van der Waals surface area contributed by atoms with Crippen molar-refractivity contribution in [1.29, 1.82) is 5.26 Å². The number of nitriles is 1. The van der Waals surface area contributed by atoms with E-state index in [-0.39, 0.29) is 0 Å². The molecule has 188 valence electrons. The fourth-order valence-corrected chi connectivity index (χ4v) is 11.3. The number of rotatable bonds is 4. The molecule has 6 aromatic rings. The molecule has 0 atom stereocenters. The third-order valence-corrected chi connectivity index (χ3v) is 12.7. The number of pyridine rings is 1. The van der Waals surface area contributed by atoms with Gasteiger partial charge in [0.1, 0.15) is 11.8 Å². The van der Waals surface area contributed by atoms with Gasteiger partial charge in [0.25, 0.3) is 0 Å². The molecule has 1 aliphatic rings. The molecule has 3 nitrogen and oxygen atoms in total. The van der Waals surface area contributed by atoms with Crippen LogP contribution >= 0.6 is 0 Å². The standard InChI is InChI=1S/C36H25N3Si/c37-26-32-31(19-12-24-38-32)27-13-11-14-28(25-27)39-33-20-7-9-22-35(33)40(29-15-3-1-4-16-29,30-17-5-2-6-18-30)36-23-10-8-21-34(36)39/h1-25H.